The zero-order chi connectivity index (χ0) is 14.8. The molecule has 5 nitrogen and oxygen atoms in total. The Labute approximate surface area is 121 Å². The van der Waals surface area contributed by atoms with Gasteiger partial charge in [-0.3, -0.25) is 14.8 Å². The lowest BCUT2D eigenvalue weighted by molar-refractivity contribution is 0.102. The van der Waals surface area contributed by atoms with Crippen molar-refractivity contribution in [1.82, 2.24) is 9.97 Å². The summed E-state index contributed by atoms with van der Waals surface area (Å²) in [4.78, 5) is 20.8. The second-order valence-electron chi connectivity index (χ2n) is 4.75. The van der Waals surface area contributed by atoms with Crippen LogP contribution in [0.25, 0.3) is 11.0 Å². The molecule has 0 spiro atoms. The number of aromatic nitrogens is 2. The molecule has 0 saturated carbocycles. The summed E-state index contributed by atoms with van der Waals surface area (Å²) in [5, 5.41) is 2.85. The van der Waals surface area contributed by atoms with Gasteiger partial charge in [-0.25, -0.2) is 0 Å². The van der Waals surface area contributed by atoms with Crippen LogP contribution in [0.2, 0.25) is 0 Å². The highest BCUT2D eigenvalue weighted by Gasteiger charge is 2.13. The van der Waals surface area contributed by atoms with E-state index in [9.17, 15) is 4.79 Å². The van der Waals surface area contributed by atoms with Crippen LogP contribution >= 0.6 is 0 Å². The Hall–Kier alpha value is -2.95. The predicted molar refractivity (Wildman–Crippen MR) is 83.1 cm³/mol. The van der Waals surface area contributed by atoms with Crippen LogP contribution in [0.1, 0.15) is 15.9 Å². The quantitative estimate of drug-likeness (QED) is 0.706. The molecule has 5 heteroatoms. The van der Waals surface area contributed by atoms with Crippen LogP contribution in [0.3, 0.4) is 0 Å². The van der Waals surface area contributed by atoms with Crippen LogP contribution < -0.4 is 11.1 Å². The largest absolute Gasteiger partial charge is 0.398 e. The Balaban J connectivity index is 1.93. The number of nitrogens with zero attached hydrogens (tertiary/aromatic N) is 2. The predicted octanol–water partition coefficient (Wildman–Crippen LogP) is 2.77. The minimum absolute atomic E-state index is 0.228. The number of rotatable bonds is 2. The molecular formula is C16H14N4O. The van der Waals surface area contributed by atoms with Gasteiger partial charge >= 0.3 is 0 Å². The van der Waals surface area contributed by atoms with E-state index in [1.165, 1.54) is 0 Å². The van der Waals surface area contributed by atoms with Crippen molar-refractivity contribution in [2.24, 2.45) is 0 Å². The van der Waals surface area contributed by atoms with Crippen molar-refractivity contribution in [3.05, 3.63) is 59.9 Å². The summed E-state index contributed by atoms with van der Waals surface area (Å²) in [6.45, 7) is 1.86. The monoisotopic (exact) mass is 278 g/mol. The fraction of sp³-hybridized carbons (Fsp3) is 0.0625. The van der Waals surface area contributed by atoms with Gasteiger partial charge in [0.15, 0.2) is 0 Å². The van der Waals surface area contributed by atoms with E-state index in [2.05, 4.69) is 15.3 Å². The summed E-state index contributed by atoms with van der Waals surface area (Å²) in [6.07, 6.45) is 3.25. The first-order chi connectivity index (χ1) is 10.1. The molecule has 1 heterocycles. The Morgan fingerprint density at radius 2 is 1.86 bits per heavy atom. The number of anilines is 2. The van der Waals surface area contributed by atoms with Crippen molar-refractivity contribution in [3.8, 4) is 0 Å². The van der Waals surface area contributed by atoms with Crippen LogP contribution in [0.4, 0.5) is 11.4 Å². The number of hydrogen-bond acceptors (Lipinski definition) is 4. The van der Waals surface area contributed by atoms with Crippen LogP contribution in [-0.2, 0) is 0 Å². The number of fused-ring (bicyclic) bond motifs is 1. The van der Waals surface area contributed by atoms with E-state index >= 15 is 0 Å². The molecule has 2 aromatic carbocycles. The van der Waals surface area contributed by atoms with Crippen molar-refractivity contribution in [2.75, 3.05) is 11.1 Å². The molecule has 1 amide bonds. The number of aryl methyl sites for hydroxylation is 1. The summed E-state index contributed by atoms with van der Waals surface area (Å²) in [5.41, 5.74) is 9.86. The highest BCUT2D eigenvalue weighted by atomic mass is 16.1. The van der Waals surface area contributed by atoms with Crippen molar-refractivity contribution >= 4 is 28.3 Å². The first kappa shape index (κ1) is 13.1. The number of amides is 1. The molecule has 1 aromatic heterocycles. The van der Waals surface area contributed by atoms with Crippen LogP contribution in [0.15, 0.2) is 48.8 Å². The molecule has 21 heavy (non-hydrogen) atoms. The van der Waals surface area contributed by atoms with Gasteiger partial charge in [-0.05, 0) is 36.8 Å². The number of hydrogen-bond donors (Lipinski definition) is 2. The van der Waals surface area contributed by atoms with Crippen molar-refractivity contribution < 1.29 is 4.79 Å². The number of nitrogen functional groups attached to an aromatic ring is 1. The number of carbonyl (C=O) groups excluding carboxylic acids is 1. The summed E-state index contributed by atoms with van der Waals surface area (Å²) in [5.74, 6) is -0.228. The average molecular weight is 278 g/mol. The maximum atomic E-state index is 12.4. The van der Waals surface area contributed by atoms with Crippen molar-refractivity contribution in [3.63, 3.8) is 0 Å². The lowest BCUT2D eigenvalue weighted by Crippen LogP contribution is -2.15. The minimum Gasteiger partial charge on any atom is -0.398 e. The summed E-state index contributed by atoms with van der Waals surface area (Å²) in [7, 11) is 0. The van der Waals surface area contributed by atoms with Crippen LogP contribution in [0.5, 0.6) is 0 Å². The van der Waals surface area contributed by atoms with E-state index in [-0.39, 0.29) is 5.91 Å². The Kier molecular flexibility index (Phi) is 3.23. The maximum Gasteiger partial charge on any atom is 0.258 e. The van der Waals surface area contributed by atoms with Crippen molar-refractivity contribution in [1.29, 1.82) is 0 Å². The van der Waals surface area contributed by atoms with Crippen LogP contribution in [-0.4, -0.2) is 15.9 Å². The second kappa shape index (κ2) is 5.20. The van der Waals surface area contributed by atoms with Gasteiger partial charge in [0.25, 0.3) is 5.91 Å². The molecule has 0 radical (unpaired) electrons. The van der Waals surface area contributed by atoms with Crippen molar-refractivity contribution in [2.45, 2.75) is 6.92 Å². The number of nitrogens with one attached hydrogen (secondary N) is 1. The summed E-state index contributed by atoms with van der Waals surface area (Å²) in [6, 6.07) is 10.8. The topological polar surface area (TPSA) is 80.9 Å². The van der Waals surface area contributed by atoms with E-state index < -0.39 is 0 Å². The van der Waals surface area contributed by atoms with Gasteiger partial charge in [-0.1, -0.05) is 12.1 Å². The smallest absolute Gasteiger partial charge is 0.258 e. The third-order valence-electron chi connectivity index (χ3n) is 3.26. The number of carbonyl (C=O) groups is 1. The molecule has 0 saturated heterocycles. The maximum absolute atomic E-state index is 12.4. The molecule has 0 aliphatic heterocycles. The molecular weight excluding hydrogens is 264 g/mol. The fourth-order valence-electron chi connectivity index (χ4n) is 2.24. The summed E-state index contributed by atoms with van der Waals surface area (Å²) >= 11 is 0. The zero-order valence-electron chi connectivity index (χ0n) is 11.5. The first-order valence-corrected chi connectivity index (χ1v) is 6.52. The molecule has 0 bridgehead atoms. The van der Waals surface area contributed by atoms with E-state index in [0.717, 1.165) is 16.6 Å². The highest BCUT2D eigenvalue weighted by molar-refractivity contribution is 6.09. The lowest BCUT2D eigenvalue weighted by atomic mass is 10.1. The third kappa shape index (κ3) is 2.53. The van der Waals surface area contributed by atoms with Gasteiger partial charge in [0.05, 0.1) is 16.6 Å². The standard InChI is InChI=1S/C16H14N4O/c1-10-3-2-4-12(17)15(10)16(21)20-11-5-6-13-14(9-11)19-8-7-18-13/h2-9H,17H2,1H3,(H,20,21). The van der Waals surface area contributed by atoms with E-state index in [4.69, 9.17) is 5.73 Å². The van der Waals surface area contributed by atoms with Crippen LogP contribution in [0, 0.1) is 6.92 Å². The zero-order valence-corrected chi connectivity index (χ0v) is 11.5. The third-order valence-corrected chi connectivity index (χ3v) is 3.26. The van der Waals surface area contributed by atoms with Gasteiger partial charge in [-0.15, -0.1) is 0 Å². The molecule has 3 aromatic rings. The Morgan fingerprint density at radius 3 is 2.62 bits per heavy atom. The molecule has 0 unspecified atom stereocenters. The van der Waals surface area contributed by atoms with E-state index in [1.807, 2.05) is 25.1 Å². The minimum atomic E-state index is -0.228. The first-order valence-electron chi connectivity index (χ1n) is 6.52. The van der Waals surface area contributed by atoms with Gasteiger partial charge in [0.1, 0.15) is 0 Å². The van der Waals surface area contributed by atoms with Gasteiger partial charge in [0.2, 0.25) is 0 Å². The second-order valence-corrected chi connectivity index (χ2v) is 4.75. The molecule has 104 valence electrons. The molecule has 0 aliphatic rings. The SMILES string of the molecule is Cc1cccc(N)c1C(=O)Nc1ccc2nccnc2c1. The Morgan fingerprint density at radius 1 is 1.10 bits per heavy atom. The fourth-order valence-corrected chi connectivity index (χ4v) is 2.24. The highest BCUT2D eigenvalue weighted by Crippen LogP contribution is 2.20. The molecule has 0 aliphatic carbocycles. The van der Waals surface area contributed by atoms with E-state index in [0.29, 0.717) is 16.9 Å². The van der Waals surface area contributed by atoms with Gasteiger partial charge in [0, 0.05) is 23.8 Å². The lowest BCUT2D eigenvalue weighted by Gasteiger charge is -2.10. The molecule has 0 fully saturated rings. The molecule has 0 atom stereocenters. The van der Waals surface area contributed by atoms with E-state index in [1.54, 1.807) is 30.6 Å². The molecule has 3 N–H and O–H groups in total. The summed E-state index contributed by atoms with van der Waals surface area (Å²) < 4.78 is 0. The number of benzene rings is 2. The Bertz CT molecular complexity index is 809. The normalized spacial score (nSPS) is 10.5. The number of nitrogens with two attached hydrogens (primary N) is 1. The average Bonchev–Trinajstić information content (AvgIpc) is 2.47. The van der Waals surface area contributed by atoms with Gasteiger partial charge in [-0.2, -0.15) is 0 Å². The van der Waals surface area contributed by atoms with Gasteiger partial charge < -0.3 is 11.1 Å². The molecule has 3 rings (SSSR count).